The lowest BCUT2D eigenvalue weighted by Gasteiger charge is -2.02. The number of ether oxygens (including phenoxy) is 1. The highest BCUT2D eigenvalue weighted by atomic mass is 127. The molecule has 0 aromatic rings. The molecule has 0 radical (unpaired) electrons. The Kier molecular flexibility index (Phi) is 9.02. The van der Waals surface area contributed by atoms with Gasteiger partial charge in [-0.05, 0) is 12.8 Å². The number of hydrogen-bond acceptors (Lipinski definition) is 3. The lowest BCUT2D eigenvalue weighted by atomic mass is 10.2. The number of carbonyl (C=O) groups excluding carboxylic acids is 2. The average Bonchev–Trinajstić information content (AvgIpc) is 2.22. The third kappa shape index (κ3) is 8.28. The van der Waals surface area contributed by atoms with Gasteiger partial charge in [-0.3, -0.25) is 9.59 Å². The van der Waals surface area contributed by atoms with Crippen molar-refractivity contribution in [2.75, 3.05) is 18.1 Å². The molecule has 14 heavy (non-hydrogen) atoms. The molecule has 5 heteroatoms. The lowest BCUT2D eigenvalue weighted by molar-refractivity contribution is -0.140. The maximum atomic E-state index is 10.8. The highest BCUT2D eigenvalue weighted by Crippen LogP contribution is 1.99. The molecule has 0 aliphatic heterocycles. The van der Waals surface area contributed by atoms with Gasteiger partial charge in [-0.2, -0.15) is 0 Å². The maximum absolute atomic E-state index is 10.8. The van der Waals surface area contributed by atoms with Gasteiger partial charge in [0.05, 0.1) is 11.5 Å². The Hall–Kier alpha value is -0.330. The van der Waals surface area contributed by atoms with Crippen LogP contribution in [0.4, 0.5) is 0 Å². The molecule has 0 fully saturated rings. The zero-order valence-electron chi connectivity index (χ0n) is 8.35. The highest BCUT2D eigenvalue weighted by molar-refractivity contribution is 14.1. The van der Waals surface area contributed by atoms with Crippen LogP contribution in [-0.2, 0) is 14.3 Å². The summed E-state index contributed by atoms with van der Waals surface area (Å²) in [7, 11) is 1.39. The Labute approximate surface area is 97.9 Å². The van der Waals surface area contributed by atoms with Crippen LogP contribution in [0, 0.1) is 0 Å². The van der Waals surface area contributed by atoms with Crippen molar-refractivity contribution in [1.82, 2.24) is 5.32 Å². The van der Waals surface area contributed by atoms with Crippen molar-refractivity contribution in [2.45, 2.75) is 25.7 Å². The Bertz CT molecular complexity index is 165. The van der Waals surface area contributed by atoms with E-state index in [0.29, 0.717) is 17.4 Å². The number of unbranched alkanes of at least 4 members (excludes halogenated alkanes) is 2. The van der Waals surface area contributed by atoms with Gasteiger partial charge in [0.2, 0.25) is 5.91 Å². The van der Waals surface area contributed by atoms with Crippen LogP contribution in [0.1, 0.15) is 25.7 Å². The van der Waals surface area contributed by atoms with Crippen LogP contribution in [-0.4, -0.2) is 30.0 Å². The molecule has 0 heterocycles. The van der Waals surface area contributed by atoms with Crippen LogP contribution in [0.2, 0.25) is 0 Å². The highest BCUT2D eigenvalue weighted by Gasteiger charge is 1.99. The van der Waals surface area contributed by atoms with Crippen molar-refractivity contribution in [3.63, 3.8) is 0 Å². The Balaban J connectivity index is 3.14. The summed E-state index contributed by atoms with van der Waals surface area (Å²) in [6, 6.07) is 0. The molecule has 0 saturated heterocycles. The van der Waals surface area contributed by atoms with E-state index in [1.54, 1.807) is 0 Å². The molecule has 1 N–H and O–H groups in total. The average molecular weight is 313 g/mol. The number of halogens is 1. The van der Waals surface area contributed by atoms with Crippen molar-refractivity contribution in [3.05, 3.63) is 0 Å². The predicted molar refractivity (Wildman–Crippen MR) is 62.4 cm³/mol. The first-order valence-corrected chi connectivity index (χ1v) is 6.12. The van der Waals surface area contributed by atoms with E-state index in [9.17, 15) is 9.59 Å². The van der Waals surface area contributed by atoms with Gasteiger partial charge in [-0.15, -0.1) is 0 Å². The first kappa shape index (κ1) is 13.7. The summed E-state index contributed by atoms with van der Waals surface area (Å²) in [5, 5.41) is 2.77. The quantitative estimate of drug-likeness (QED) is 0.333. The van der Waals surface area contributed by atoms with Crippen LogP contribution in [0.5, 0.6) is 0 Å². The third-order valence-electron chi connectivity index (χ3n) is 1.73. The molecule has 0 aliphatic rings. The topological polar surface area (TPSA) is 55.4 Å². The molecule has 0 aliphatic carbocycles. The summed E-state index contributed by atoms with van der Waals surface area (Å²) < 4.78 is 5.00. The van der Waals surface area contributed by atoms with Crippen LogP contribution in [0.15, 0.2) is 0 Å². The SMILES string of the molecule is COC(=O)CCCCCNC(=O)CI. The van der Waals surface area contributed by atoms with E-state index in [4.69, 9.17) is 0 Å². The van der Waals surface area contributed by atoms with Crippen molar-refractivity contribution >= 4 is 34.5 Å². The molecule has 0 bridgehead atoms. The molecule has 0 aromatic heterocycles. The second-order valence-electron chi connectivity index (χ2n) is 2.87. The van der Waals surface area contributed by atoms with Gasteiger partial charge in [0, 0.05) is 13.0 Å². The van der Waals surface area contributed by atoms with Gasteiger partial charge in [-0.1, -0.05) is 29.0 Å². The molecule has 0 spiro atoms. The largest absolute Gasteiger partial charge is 0.469 e. The van der Waals surface area contributed by atoms with E-state index in [2.05, 4.69) is 10.1 Å². The number of methoxy groups -OCH3 is 1. The molecule has 0 saturated carbocycles. The number of amides is 1. The number of hydrogen-bond donors (Lipinski definition) is 1. The number of nitrogens with one attached hydrogen (secondary N) is 1. The van der Waals surface area contributed by atoms with E-state index in [1.165, 1.54) is 7.11 Å². The van der Waals surface area contributed by atoms with E-state index < -0.39 is 0 Å². The summed E-state index contributed by atoms with van der Waals surface area (Å²) in [5.74, 6) is -0.0973. The van der Waals surface area contributed by atoms with Crippen molar-refractivity contribution in [3.8, 4) is 0 Å². The molecule has 1 amide bonds. The normalized spacial score (nSPS) is 9.57. The van der Waals surface area contributed by atoms with Crippen LogP contribution < -0.4 is 5.32 Å². The van der Waals surface area contributed by atoms with Crippen LogP contribution in [0.3, 0.4) is 0 Å². The maximum Gasteiger partial charge on any atom is 0.305 e. The van der Waals surface area contributed by atoms with Crippen molar-refractivity contribution < 1.29 is 14.3 Å². The minimum absolute atomic E-state index is 0.0681. The second kappa shape index (κ2) is 9.23. The first-order chi connectivity index (χ1) is 6.70. The summed E-state index contributed by atoms with van der Waals surface area (Å²) >= 11 is 2.02. The van der Waals surface area contributed by atoms with E-state index >= 15 is 0 Å². The Morgan fingerprint density at radius 1 is 1.29 bits per heavy atom. The second-order valence-corrected chi connectivity index (χ2v) is 3.63. The minimum Gasteiger partial charge on any atom is -0.469 e. The standard InChI is InChI=1S/C9H16INO3/c1-14-9(13)5-3-2-4-6-11-8(12)7-10/h2-7H2,1H3,(H,11,12). The van der Waals surface area contributed by atoms with Crippen LogP contribution in [0.25, 0.3) is 0 Å². The van der Waals surface area contributed by atoms with Crippen molar-refractivity contribution in [1.29, 1.82) is 0 Å². The predicted octanol–water partition coefficient (Wildman–Crippen LogP) is 1.27. The number of rotatable bonds is 7. The molecule has 0 atom stereocenters. The van der Waals surface area contributed by atoms with Gasteiger partial charge in [0.1, 0.15) is 0 Å². The molecular weight excluding hydrogens is 297 g/mol. The van der Waals surface area contributed by atoms with Gasteiger partial charge in [0.15, 0.2) is 0 Å². The number of alkyl halides is 1. The Morgan fingerprint density at radius 3 is 2.57 bits per heavy atom. The van der Waals surface area contributed by atoms with Gasteiger partial charge in [0.25, 0.3) is 0 Å². The van der Waals surface area contributed by atoms with Crippen LogP contribution >= 0.6 is 22.6 Å². The molecule has 4 nitrogen and oxygen atoms in total. The zero-order chi connectivity index (χ0) is 10.8. The first-order valence-electron chi connectivity index (χ1n) is 4.60. The third-order valence-corrected chi connectivity index (χ3v) is 2.42. The summed E-state index contributed by atoms with van der Waals surface area (Å²) in [6.45, 7) is 0.697. The van der Waals surface area contributed by atoms with E-state index in [1.807, 2.05) is 22.6 Å². The monoisotopic (exact) mass is 313 g/mol. The fourth-order valence-corrected chi connectivity index (χ4v) is 1.22. The summed E-state index contributed by atoms with van der Waals surface area (Å²) in [4.78, 5) is 21.5. The number of esters is 1. The van der Waals surface area contributed by atoms with E-state index in [-0.39, 0.29) is 11.9 Å². The molecule has 0 unspecified atom stereocenters. The fraction of sp³-hybridized carbons (Fsp3) is 0.778. The lowest BCUT2D eigenvalue weighted by Crippen LogP contribution is -2.25. The molecular formula is C9H16INO3. The minimum atomic E-state index is -0.165. The molecule has 82 valence electrons. The van der Waals surface area contributed by atoms with Gasteiger partial charge < -0.3 is 10.1 Å². The molecule has 0 aromatic carbocycles. The number of carbonyl (C=O) groups is 2. The van der Waals surface area contributed by atoms with E-state index in [0.717, 1.165) is 19.3 Å². The fourth-order valence-electron chi connectivity index (χ4n) is 0.948. The molecule has 0 rings (SSSR count). The summed E-state index contributed by atoms with van der Waals surface area (Å²) in [5.41, 5.74) is 0. The summed E-state index contributed by atoms with van der Waals surface area (Å²) in [6.07, 6.45) is 3.15. The van der Waals surface area contributed by atoms with Gasteiger partial charge in [-0.25, -0.2) is 0 Å². The smallest absolute Gasteiger partial charge is 0.305 e. The van der Waals surface area contributed by atoms with Crippen molar-refractivity contribution in [2.24, 2.45) is 0 Å². The Morgan fingerprint density at radius 2 is 2.00 bits per heavy atom. The van der Waals surface area contributed by atoms with Gasteiger partial charge >= 0.3 is 5.97 Å². The zero-order valence-corrected chi connectivity index (χ0v) is 10.5.